The van der Waals surface area contributed by atoms with Gasteiger partial charge in [-0.05, 0) is 12.5 Å². The van der Waals surface area contributed by atoms with E-state index in [0.29, 0.717) is 26.1 Å². The van der Waals surface area contributed by atoms with Crippen molar-refractivity contribution < 1.29 is 28.5 Å². The molecular formula is C18H27ClN4O6. The molecule has 1 aromatic rings. The molecule has 2 heterocycles. The molecule has 0 aromatic carbocycles. The van der Waals surface area contributed by atoms with Gasteiger partial charge >= 0.3 is 5.97 Å². The maximum atomic E-state index is 12.7. The summed E-state index contributed by atoms with van der Waals surface area (Å²) in [6, 6.07) is 1.17. The molecule has 0 radical (unpaired) electrons. The summed E-state index contributed by atoms with van der Waals surface area (Å²) in [7, 11) is 4.50. The first kappa shape index (κ1) is 23.1. The lowest BCUT2D eigenvalue weighted by atomic mass is 10.0. The van der Waals surface area contributed by atoms with E-state index in [1.54, 1.807) is 14.2 Å². The molecule has 1 aliphatic rings. The van der Waals surface area contributed by atoms with Gasteiger partial charge in [0.2, 0.25) is 5.88 Å². The van der Waals surface area contributed by atoms with E-state index in [9.17, 15) is 9.59 Å². The molecule has 1 amide bonds. The minimum absolute atomic E-state index is 0.0838. The fourth-order valence-corrected chi connectivity index (χ4v) is 3.20. The normalized spacial score (nSPS) is 19.6. The highest BCUT2D eigenvalue weighted by Crippen LogP contribution is 2.25. The molecule has 0 unspecified atom stereocenters. The average molecular weight is 431 g/mol. The number of esters is 1. The summed E-state index contributed by atoms with van der Waals surface area (Å²) in [5.41, 5.74) is 5.85. The quantitative estimate of drug-likeness (QED) is 0.421. The van der Waals surface area contributed by atoms with Crippen LogP contribution in [0.2, 0.25) is 5.02 Å². The number of carbonyl (C=O) groups is 2. The number of halogens is 1. The topological polar surface area (TPSA) is 125 Å². The summed E-state index contributed by atoms with van der Waals surface area (Å²) in [6.45, 7) is 1.79. The smallest absolute Gasteiger partial charge is 0.320 e. The van der Waals surface area contributed by atoms with Crippen LogP contribution in [0.5, 0.6) is 5.88 Å². The van der Waals surface area contributed by atoms with E-state index in [4.69, 9.17) is 36.3 Å². The first-order valence-electron chi connectivity index (χ1n) is 9.10. The second kappa shape index (κ2) is 11.1. The van der Waals surface area contributed by atoms with Crippen LogP contribution in [0.25, 0.3) is 0 Å². The van der Waals surface area contributed by atoms with Crippen molar-refractivity contribution in [3.8, 4) is 5.88 Å². The number of likely N-dealkylation sites (tertiary alicyclic amines) is 1. The van der Waals surface area contributed by atoms with Gasteiger partial charge < -0.3 is 30.0 Å². The van der Waals surface area contributed by atoms with Gasteiger partial charge in [-0.15, -0.1) is 0 Å². The van der Waals surface area contributed by atoms with Crippen LogP contribution in [0.3, 0.4) is 0 Å². The van der Waals surface area contributed by atoms with Crippen molar-refractivity contribution in [2.24, 2.45) is 0 Å². The maximum Gasteiger partial charge on any atom is 0.320 e. The van der Waals surface area contributed by atoms with Gasteiger partial charge in [-0.25, -0.2) is 0 Å². The maximum absolute atomic E-state index is 12.7. The highest BCUT2D eigenvalue weighted by Gasteiger charge is 2.32. The Labute approximate surface area is 174 Å². The van der Waals surface area contributed by atoms with E-state index in [0.717, 1.165) is 0 Å². The minimum atomic E-state index is -0.393. The molecule has 2 atom stereocenters. The molecule has 11 heteroatoms. The number of nitrogens with two attached hydrogens (primary N) is 1. The van der Waals surface area contributed by atoms with E-state index >= 15 is 0 Å². The lowest BCUT2D eigenvalue weighted by molar-refractivity contribution is -0.147. The van der Waals surface area contributed by atoms with E-state index in [-0.39, 0.29) is 53.6 Å². The second-order valence-corrected chi connectivity index (χ2v) is 6.91. The predicted octanol–water partition coefficient (Wildman–Crippen LogP) is 0.335. The first-order valence-corrected chi connectivity index (χ1v) is 9.48. The molecule has 2 rings (SSSR count). The van der Waals surface area contributed by atoms with Crippen LogP contribution in [0, 0.1) is 0 Å². The summed E-state index contributed by atoms with van der Waals surface area (Å²) in [5.74, 6) is -0.544. The molecule has 3 N–H and O–H groups in total. The Morgan fingerprint density at radius 1 is 1.34 bits per heavy atom. The lowest BCUT2D eigenvalue weighted by Gasteiger charge is -2.37. The first-order chi connectivity index (χ1) is 13.9. The Balaban J connectivity index is 1.96. The molecule has 1 aromatic heterocycles. The van der Waals surface area contributed by atoms with Gasteiger partial charge in [0.05, 0.1) is 37.4 Å². The number of rotatable bonds is 9. The number of nitrogens with zero attached hydrogens (tertiary/aromatic N) is 2. The van der Waals surface area contributed by atoms with Gasteiger partial charge in [0.1, 0.15) is 18.0 Å². The molecule has 1 saturated heterocycles. The molecule has 1 aliphatic heterocycles. The third-order valence-corrected chi connectivity index (χ3v) is 4.87. The molecule has 1 fully saturated rings. The van der Waals surface area contributed by atoms with Crippen LogP contribution in [-0.4, -0.2) is 88.1 Å². The highest BCUT2D eigenvalue weighted by atomic mass is 35.5. The third kappa shape index (κ3) is 6.43. The van der Waals surface area contributed by atoms with E-state index in [2.05, 4.69) is 10.3 Å². The number of nitrogens with one attached hydrogen (secondary N) is 1. The van der Waals surface area contributed by atoms with Gasteiger partial charge in [-0.3, -0.25) is 14.5 Å². The number of amides is 1. The van der Waals surface area contributed by atoms with Gasteiger partial charge in [0, 0.05) is 27.3 Å². The van der Waals surface area contributed by atoms with Gasteiger partial charge in [-0.2, -0.15) is 4.98 Å². The van der Waals surface area contributed by atoms with Crippen LogP contribution in [0.4, 0.5) is 5.82 Å². The molecular weight excluding hydrogens is 404 g/mol. The standard InChI is InChI=1S/C18H27ClN4O6/c1-26-6-7-29-15(24)10-23-5-4-13(14(9-23)27-2)21-17(25)11-8-12(19)16(20)22-18(11)28-3/h8,13-14H,4-7,9-10H2,1-3H3,(H2,20,22)(H,21,25)/t13-,14+/m1/s1. The monoisotopic (exact) mass is 430 g/mol. The third-order valence-electron chi connectivity index (χ3n) is 4.57. The summed E-state index contributed by atoms with van der Waals surface area (Å²) in [5, 5.41) is 3.10. The number of anilines is 1. The number of methoxy groups -OCH3 is 3. The second-order valence-electron chi connectivity index (χ2n) is 6.50. The predicted molar refractivity (Wildman–Crippen MR) is 106 cm³/mol. The summed E-state index contributed by atoms with van der Waals surface area (Å²) >= 11 is 5.99. The van der Waals surface area contributed by atoms with E-state index in [1.807, 2.05) is 4.90 Å². The highest BCUT2D eigenvalue weighted by molar-refractivity contribution is 6.33. The number of pyridine rings is 1. The van der Waals surface area contributed by atoms with E-state index < -0.39 is 5.91 Å². The summed E-state index contributed by atoms with van der Waals surface area (Å²) in [6.07, 6.45) is 0.288. The fraction of sp³-hybridized carbons (Fsp3) is 0.611. The van der Waals surface area contributed by atoms with Crippen molar-refractivity contribution in [1.82, 2.24) is 15.2 Å². The SMILES string of the molecule is COCCOC(=O)CN1CC[C@@H](NC(=O)c2cc(Cl)c(N)nc2OC)[C@@H](OC)C1. The van der Waals surface area contributed by atoms with Crippen molar-refractivity contribution in [1.29, 1.82) is 0 Å². The van der Waals surface area contributed by atoms with Crippen LogP contribution >= 0.6 is 11.6 Å². The van der Waals surface area contributed by atoms with Crippen molar-refractivity contribution in [2.75, 3.05) is 59.9 Å². The Bertz CT molecular complexity index is 720. The van der Waals surface area contributed by atoms with Crippen molar-refractivity contribution in [3.05, 3.63) is 16.7 Å². The molecule has 0 spiro atoms. The van der Waals surface area contributed by atoms with Crippen LogP contribution < -0.4 is 15.8 Å². The van der Waals surface area contributed by atoms with Crippen molar-refractivity contribution in [2.45, 2.75) is 18.6 Å². The zero-order valence-electron chi connectivity index (χ0n) is 16.8. The van der Waals surface area contributed by atoms with Crippen molar-refractivity contribution >= 4 is 29.3 Å². The van der Waals surface area contributed by atoms with E-state index in [1.165, 1.54) is 13.2 Å². The number of carbonyl (C=O) groups excluding carboxylic acids is 2. The minimum Gasteiger partial charge on any atom is -0.480 e. The van der Waals surface area contributed by atoms with Gasteiger partial charge in [0.15, 0.2) is 0 Å². The number of hydrogen-bond acceptors (Lipinski definition) is 9. The largest absolute Gasteiger partial charge is 0.480 e. The van der Waals surface area contributed by atoms with Crippen molar-refractivity contribution in [3.63, 3.8) is 0 Å². The Morgan fingerprint density at radius 2 is 2.10 bits per heavy atom. The fourth-order valence-electron chi connectivity index (χ4n) is 3.04. The number of piperidine rings is 1. The number of hydrogen-bond donors (Lipinski definition) is 2. The Hall–Kier alpha value is -2.14. The van der Waals surface area contributed by atoms with Crippen LogP contribution in [0.1, 0.15) is 16.8 Å². The summed E-state index contributed by atoms with van der Waals surface area (Å²) < 4.78 is 20.6. The van der Waals surface area contributed by atoms with Crippen LogP contribution in [-0.2, 0) is 19.0 Å². The Kier molecular flexibility index (Phi) is 8.90. The number of aromatic nitrogens is 1. The van der Waals surface area contributed by atoms with Crippen LogP contribution in [0.15, 0.2) is 6.07 Å². The number of ether oxygens (including phenoxy) is 4. The summed E-state index contributed by atoms with van der Waals surface area (Å²) in [4.78, 5) is 30.5. The average Bonchev–Trinajstić information content (AvgIpc) is 2.70. The zero-order valence-corrected chi connectivity index (χ0v) is 17.5. The van der Waals surface area contributed by atoms with Gasteiger partial charge in [-0.1, -0.05) is 11.6 Å². The number of nitrogen functional groups attached to an aromatic ring is 1. The molecule has 162 valence electrons. The molecule has 0 bridgehead atoms. The molecule has 0 saturated carbocycles. The van der Waals surface area contributed by atoms with Gasteiger partial charge in [0.25, 0.3) is 5.91 Å². The Morgan fingerprint density at radius 3 is 2.76 bits per heavy atom. The zero-order chi connectivity index (χ0) is 21.4. The molecule has 29 heavy (non-hydrogen) atoms. The lowest BCUT2D eigenvalue weighted by Crippen LogP contribution is -2.55. The molecule has 10 nitrogen and oxygen atoms in total. The molecule has 0 aliphatic carbocycles.